The summed E-state index contributed by atoms with van der Waals surface area (Å²) in [5.41, 5.74) is 2.56. The number of hydrogen-bond acceptors (Lipinski definition) is 3. The Balaban J connectivity index is 3.58. The summed E-state index contributed by atoms with van der Waals surface area (Å²) in [7, 11) is 0.171. The first kappa shape index (κ1) is 13.0. The van der Waals surface area contributed by atoms with Gasteiger partial charge < -0.3 is 5.73 Å². The zero-order valence-electron chi connectivity index (χ0n) is 7.35. The van der Waals surface area contributed by atoms with E-state index in [1.165, 1.54) is 0 Å². The van der Waals surface area contributed by atoms with Crippen LogP contribution in [0.25, 0.3) is 0 Å². The van der Waals surface area contributed by atoms with Crippen LogP contribution in [0.4, 0.5) is 23.2 Å². The van der Waals surface area contributed by atoms with Gasteiger partial charge in [0.05, 0.1) is 5.56 Å². The predicted octanol–water partition coefficient (Wildman–Crippen LogP) is 2.35. The second-order valence-electron chi connectivity index (χ2n) is 2.81. The van der Waals surface area contributed by atoms with Gasteiger partial charge in [0, 0.05) is 16.4 Å². The molecule has 1 aromatic carbocycles. The maximum atomic E-state index is 13.0. The molecule has 0 heterocycles. The molecule has 0 saturated heterocycles. The maximum Gasteiger partial charge on any atom is 0.418 e. The van der Waals surface area contributed by atoms with Gasteiger partial charge in [0.25, 0.3) is 9.05 Å². The third kappa shape index (κ3) is 2.56. The molecule has 0 amide bonds. The Kier molecular flexibility index (Phi) is 3.08. The molecule has 0 bridgehead atoms. The maximum absolute atomic E-state index is 13.0. The molecule has 0 aliphatic carbocycles. The van der Waals surface area contributed by atoms with E-state index in [0.29, 0.717) is 0 Å². The van der Waals surface area contributed by atoms with Crippen LogP contribution in [-0.2, 0) is 15.2 Å². The number of halogens is 5. The van der Waals surface area contributed by atoms with Crippen LogP contribution in [-0.4, -0.2) is 8.42 Å². The molecule has 0 spiro atoms. The second-order valence-corrected chi connectivity index (χ2v) is 5.34. The summed E-state index contributed by atoms with van der Waals surface area (Å²) in [6, 6.07) is 0.324. The quantitative estimate of drug-likeness (QED) is 0.487. The van der Waals surface area contributed by atoms with Gasteiger partial charge in [-0.3, -0.25) is 0 Å². The van der Waals surface area contributed by atoms with Crippen molar-refractivity contribution in [1.82, 2.24) is 0 Å². The summed E-state index contributed by atoms with van der Waals surface area (Å²) in [6.45, 7) is 0. The normalized spacial score (nSPS) is 12.8. The van der Waals surface area contributed by atoms with Crippen molar-refractivity contribution in [2.24, 2.45) is 0 Å². The van der Waals surface area contributed by atoms with Crippen molar-refractivity contribution in [2.75, 3.05) is 5.73 Å². The summed E-state index contributed by atoms with van der Waals surface area (Å²) >= 11 is 0. The first-order chi connectivity index (χ1) is 7.03. The van der Waals surface area contributed by atoms with Gasteiger partial charge >= 0.3 is 6.18 Å². The Morgan fingerprint density at radius 1 is 1.25 bits per heavy atom. The minimum atomic E-state index is -4.88. The van der Waals surface area contributed by atoms with E-state index in [4.69, 9.17) is 16.4 Å². The van der Waals surface area contributed by atoms with E-state index in [-0.39, 0.29) is 12.1 Å². The van der Waals surface area contributed by atoms with Crippen molar-refractivity contribution >= 4 is 25.4 Å². The smallest absolute Gasteiger partial charge is 0.398 e. The molecule has 2 N–H and O–H groups in total. The zero-order valence-corrected chi connectivity index (χ0v) is 8.92. The summed E-state index contributed by atoms with van der Waals surface area (Å²) in [5, 5.41) is 0. The Morgan fingerprint density at radius 3 is 2.12 bits per heavy atom. The van der Waals surface area contributed by atoms with Crippen LogP contribution in [0.3, 0.4) is 0 Å². The van der Waals surface area contributed by atoms with Crippen LogP contribution in [0.15, 0.2) is 17.0 Å². The van der Waals surface area contributed by atoms with E-state index >= 15 is 0 Å². The van der Waals surface area contributed by atoms with Crippen molar-refractivity contribution < 1.29 is 26.0 Å². The lowest BCUT2D eigenvalue weighted by Gasteiger charge is -2.11. The van der Waals surface area contributed by atoms with Crippen molar-refractivity contribution in [2.45, 2.75) is 11.1 Å². The molecule has 1 aromatic rings. The lowest BCUT2D eigenvalue weighted by Crippen LogP contribution is -2.11. The predicted molar refractivity (Wildman–Crippen MR) is 48.9 cm³/mol. The van der Waals surface area contributed by atoms with Gasteiger partial charge in [0.1, 0.15) is 10.7 Å². The molecular formula is C7H4ClF4NO2S. The molecule has 9 heteroatoms. The first-order valence-electron chi connectivity index (χ1n) is 3.64. The number of anilines is 1. The number of nitrogen functional groups attached to an aromatic ring is 1. The first-order valence-corrected chi connectivity index (χ1v) is 5.95. The van der Waals surface area contributed by atoms with Crippen molar-refractivity contribution in [3.63, 3.8) is 0 Å². The standard InChI is InChI=1S/C7H4ClF4NO2S/c8-16(14,15)6-1-3(7(10,11)12)5(13)2-4(6)9/h1-2H,13H2. The fourth-order valence-corrected chi connectivity index (χ4v) is 1.91. The SMILES string of the molecule is Nc1cc(F)c(S(=O)(=O)Cl)cc1C(F)(F)F. The van der Waals surface area contributed by atoms with Gasteiger partial charge in [-0.1, -0.05) is 0 Å². The van der Waals surface area contributed by atoms with Crippen LogP contribution in [0.2, 0.25) is 0 Å². The Labute approximate surface area is 92.2 Å². The van der Waals surface area contributed by atoms with Crippen molar-refractivity contribution in [3.8, 4) is 0 Å². The van der Waals surface area contributed by atoms with Gasteiger partial charge in [0.2, 0.25) is 0 Å². The molecule has 3 nitrogen and oxygen atoms in total. The molecule has 0 aliphatic rings. The average molecular weight is 278 g/mol. The number of alkyl halides is 3. The third-order valence-electron chi connectivity index (χ3n) is 1.67. The Bertz CT molecular complexity index is 526. The van der Waals surface area contributed by atoms with Crippen LogP contribution >= 0.6 is 10.7 Å². The lowest BCUT2D eigenvalue weighted by molar-refractivity contribution is -0.137. The van der Waals surface area contributed by atoms with E-state index in [1.54, 1.807) is 0 Å². The van der Waals surface area contributed by atoms with Crippen LogP contribution in [0, 0.1) is 5.82 Å². The monoisotopic (exact) mass is 277 g/mol. The highest BCUT2D eigenvalue weighted by molar-refractivity contribution is 8.13. The molecule has 1 rings (SSSR count). The van der Waals surface area contributed by atoms with E-state index in [9.17, 15) is 26.0 Å². The molecule has 0 aliphatic heterocycles. The number of benzene rings is 1. The highest BCUT2D eigenvalue weighted by Crippen LogP contribution is 2.36. The number of rotatable bonds is 1. The van der Waals surface area contributed by atoms with Crippen LogP contribution in [0.1, 0.15) is 5.56 Å². The zero-order chi connectivity index (χ0) is 12.7. The largest absolute Gasteiger partial charge is 0.418 e. The van der Waals surface area contributed by atoms with Crippen LogP contribution < -0.4 is 5.73 Å². The van der Waals surface area contributed by atoms with Gasteiger partial charge in [-0.2, -0.15) is 13.2 Å². The summed E-state index contributed by atoms with van der Waals surface area (Å²) < 4.78 is 71.5. The topological polar surface area (TPSA) is 60.2 Å². The highest BCUT2D eigenvalue weighted by Gasteiger charge is 2.35. The van der Waals surface area contributed by atoms with Gasteiger partial charge in [-0.15, -0.1) is 0 Å². The molecule has 0 atom stereocenters. The highest BCUT2D eigenvalue weighted by atomic mass is 35.7. The second kappa shape index (κ2) is 3.77. The average Bonchev–Trinajstić information content (AvgIpc) is 1.97. The summed E-state index contributed by atoms with van der Waals surface area (Å²) in [4.78, 5) is -1.25. The molecule has 0 saturated carbocycles. The Morgan fingerprint density at radius 2 is 1.75 bits per heavy atom. The van der Waals surface area contributed by atoms with E-state index in [1.807, 2.05) is 0 Å². The number of nitrogens with two attached hydrogens (primary N) is 1. The molecule has 0 unspecified atom stereocenters. The van der Waals surface area contributed by atoms with E-state index < -0.39 is 37.2 Å². The number of hydrogen-bond donors (Lipinski definition) is 1. The molecule has 0 radical (unpaired) electrons. The summed E-state index contributed by atoms with van der Waals surface area (Å²) in [6.07, 6.45) is -4.88. The molecule has 0 aromatic heterocycles. The third-order valence-corrected chi connectivity index (χ3v) is 3.01. The minimum absolute atomic E-state index is 0.0625. The fraction of sp³-hybridized carbons (Fsp3) is 0.143. The summed E-state index contributed by atoms with van der Waals surface area (Å²) in [5.74, 6) is -1.43. The molecule has 16 heavy (non-hydrogen) atoms. The van der Waals surface area contributed by atoms with E-state index in [2.05, 4.69) is 0 Å². The lowest BCUT2D eigenvalue weighted by atomic mass is 10.1. The molecule has 90 valence electrons. The fourth-order valence-electron chi connectivity index (χ4n) is 1.00. The van der Waals surface area contributed by atoms with Crippen molar-refractivity contribution in [3.05, 3.63) is 23.5 Å². The van der Waals surface area contributed by atoms with Crippen molar-refractivity contribution in [1.29, 1.82) is 0 Å². The van der Waals surface area contributed by atoms with Gasteiger partial charge in [0.15, 0.2) is 0 Å². The minimum Gasteiger partial charge on any atom is -0.398 e. The molecule has 0 fully saturated rings. The van der Waals surface area contributed by atoms with Crippen LogP contribution in [0.5, 0.6) is 0 Å². The molecular weight excluding hydrogens is 274 g/mol. The van der Waals surface area contributed by atoms with Gasteiger partial charge in [-0.05, 0) is 12.1 Å². The van der Waals surface area contributed by atoms with E-state index in [0.717, 1.165) is 0 Å². The van der Waals surface area contributed by atoms with Gasteiger partial charge in [-0.25, -0.2) is 12.8 Å². The Hall–Kier alpha value is -1.02.